The number of nitriles is 1. The van der Waals surface area contributed by atoms with E-state index in [0.717, 1.165) is 5.92 Å². The van der Waals surface area contributed by atoms with E-state index >= 15 is 0 Å². The van der Waals surface area contributed by atoms with Crippen molar-refractivity contribution in [3.05, 3.63) is 59.7 Å². The molecule has 0 N–H and O–H groups in total. The highest BCUT2D eigenvalue weighted by atomic mass is 14.3. The third-order valence-electron chi connectivity index (χ3n) is 5.46. The summed E-state index contributed by atoms with van der Waals surface area (Å²) in [5.41, 5.74) is 3.03. The zero-order chi connectivity index (χ0) is 17.7. The van der Waals surface area contributed by atoms with Crippen molar-refractivity contribution in [1.82, 2.24) is 0 Å². The Labute approximate surface area is 154 Å². The maximum absolute atomic E-state index is 8.49. The highest BCUT2D eigenvalue weighted by molar-refractivity contribution is 5.26. The van der Waals surface area contributed by atoms with Crippen LogP contribution in [0.4, 0.5) is 0 Å². The largest absolute Gasteiger partial charge is 0.193 e. The Kier molecular flexibility index (Phi) is 9.13. The van der Waals surface area contributed by atoms with Crippen LogP contribution in [0.5, 0.6) is 0 Å². The normalized spacial score (nSPS) is 21.0. The Hall–Kier alpha value is -1.81. The summed E-state index contributed by atoms with van der Waals surface area (Å²) < 4.78 is 0. The lowest BCUT2D eigenvalue weighted by atomic mass is 9.78. The lowest BCUT2D eigenvalue weighted by molar-refractivity contribution is 0.376. The van der Waals surface area contributed by atoms with Crippen LogP contribution in [-0.2, 0) is 6.42 Å². The Balaban J connectivity index is 1.73. The Morgan fingerprint density at radius 3 is 2.36 bits per heavy atom. The van der Waals surface area contributed by atoms with E-state index in [2.05, 4.69) is 37.3 Å². The molecule has 134 valence electrons. The smallest absolute Gasteiger partial charge is 0.0912 e. The predicted octanol–water partition coefficient (Wildman–Crippen LogP) is 7.11. The molecule has 1 aromatic rings. The van der Waals surface area contributed by atoms with Gasteiger partial charge in [-0.05, 0) is 61.5 Å². The summed E-state index contributed by atoms with van der Waals surface area (Å²) in [4.78, 5) is 0. The molecule has 1 aliphatic rings. The van der Waals surface area contributed by atoms with Crippen molar-refractivity contribution in [2.45, 2.75) is 77.0 Å². The van der Waals surface area contributed by atoms with Gasteiger partial charge in [-0.1, -0.05) is 75.1 Å². The molecule has 2 rings (SSSR count). The Bertz CT molecular complexity index is 565. The van der Waals surface area contributed by atoms with Crippen molar-refractivity contribution >= 4 is 0 Å². The van der Waals surface area contributed by atoms with Gasteiger partial charge in [0, 0.05) is 6.08 Å². The summed E-state index contributed by atoms with van der Waals surface area (Å²) in [6, 6.07) is 11.5. The zero-order valence-electron chi connectivity index (χ0n) is 15.8. The molecule has 1 aromatic carbocycles. The van der Waals surface area contributed by atoms with Crippen LogP contribution in [0.25, 0.3) is 0 Å². The average molecular weight is 336 g/mol. The Morgan fingerprint density at radius 1 is 0.960 bits per heavy atom. The maximum Gasteiger partial charge on any atom is 0.0912 e. The van der Waals surface area contributed by atoms with Crippen LogP contribution in [0.1, 0.15) is 81.8 Å². The number of benzene rings is 1. The van der Waals surface area contributed by atoms with Gasteiger partial charge in [-0.2, -0.15) is 5.26 Å². The van der Waals surface area contributed by atoms with E-state index in [1.54, 1.807) is 0 Å². The molecule has 0 aromatic heterocycles. The van der Waals surface area contributed by atoms with E-state index in [0.29, 0.717) is 5.92 Å². The van der Waals surface area contributed by atoms with Crippen molar-refractivity contribution in [2.75, 3.05) is 0 Å². The molecular weight excluding hydrogens is 302 g/mol. The molecule has 0 bridgehead atoms. The van der Waals surface area contributed by atoms with Crippen LogP contribution in [0, 0.1) is 17.2 Å². The lowest BCUT2D eigenvalue weighted by Crippen LogP contribution is -2.11. The molecule has 0 unspecified atom stereocenters. The first-order chi connectivity index (χ1) is 12.3. The first-order valence-corrected chi connectivity index (χ1v) is 10.1. The van der Waals surface area contributed by atoms with Crippen molar-refractivity contribution < 1.29 is 0 Å². The topological polar surface area (TPSA) is 23.8 Å². The summed E-state index contributed by atoms with van der Waals surface area (Å²) in [5, 5.41) is 8.49. The molecule has 0 radical (unpaired) electrons. The summed E-state index contributed by atoms with van der Waals surface area (Å²) in [7, 11) is 0. The highest BCUT2D eigenvalue weighted by Gasteiger charge is 2.20. The molecule has 0 atom stereocenters. The molecule has 1 fully saturated rings. The van der Waals surface area contributed by atoms with Crippen LogP contribution in [0.2, 0.25) is 0 Å². The standard InChI is InChI=1S/C24H33N/c1-2-3-4-5-7-10-21-12-16-23(17-13-21)24-18-14-22(15-19-24)11-8-6-9-20-25/h6,8-9,11-13,16-17,22,24H,2-5,7,10,14-15,18-19H2,1H3/b9-6+,11-8+. The van der Waals surface area contributed by atoms with E-state index in [9.17, 15) is 0 Å². The molecule has 0 aliphatic heterocycles. The third-order valence-corrected chi connectivity index (χ3v) is 5.46. The van der Waals surface area contributed by atoms with Crippen molar-refractivity contribution in [2.24, 2.45) is 5.92 Å². The van der Waals surface area contributed by atoms with Gasteiger partial charge in [0.25, 0.3) is 0 Å². The van der Waals surface area contributed by atoms with Gasteiger partial charge >= 0.3 is 0 Å². The molecule has 0 heterocycles. The van der Waals surface area contributed by atoms with Crippen molar-refractivity contribution in [1.29, 1.82) is 5.26 Å². The maximum atomic E-state index is 8.49. The van der Waals surface area contributed by atoms with Crippen LogP contribution in [0.15, 0.2) is 48.6 Å². The van der Waals surface area contributed by atoms with Crippen molar-refractivity contribution in [3.63, 3.8) is 0 Å². The molecule has 1 aliphatic carbocycles. The zero-order valence-corrected chi connectivity index (χ0v) is 15.8. The van der Waals surface area contributed by atoms with E-state index in [1.165, 1.54) is 81.4 Å². The molecule has 25 heavy (non-hydrogen) atoms. The minimum atomic E-state index is 0.682. The van der Waals surface area contributed by atoms with Gasteiger partial charge in [0.2, 0.25) is 0 Å². The number of hydrogen-bond donors (Lipinski definition) is 0. The number of nitrogens with zero attached hydrogens (tertiary/aromatic N) is 1. The number of allylic oxidation sites excluding steroid dienone is 4. The van der Waals surface area contributed by atoms with Gasteiger partial charge in [0.05, 0.1) is 6.07 Å². The quantitative estimate of drug-likeness (QED) is 0.268. The predicted molar refractivity (Wildman–Crippen MR) is 107 cm³/mol. The molecule has 1 nitrogen and oxygen atoms in total. The van der Waals surface area contributed by atoms with E-state index < -0.39 is 0 Å². The average Bonchev–Trinajstić information content (AvgIpc) is 2.66. The second kappa shape index (κ2) is 11.7. The first-order valence-electron chi connectivity index (χ1n) is 10.1. The molecule has 0 saturated heterocycles. The molecular formula is C24H33N. The van der Waals surface area contributed by atoms with Gasteiger partial charge in [0.15, 0.2) is 0 Å². The number of rotatable bonds is 9. The van der Waals surface area contributed by atoms with Gasteiger partial charge in [-0.3, -0.25) is 0 Å². The molecule has 0 amide bonds. The van der Waals surface area contributed by atoms with Crippen LogP contribution < -0.4 is 0 Å². The number of unbranched alkanes of at least 4 members (excludes halogenated alkanes) is 4. The van der Waals surface area contributed by atoms with Crippen molar-refractivity contribution in [3.8, 4) is 6.07 Å². The fraction of sp³-hybridized carbons (Fsp3) is 0.542. The fourth-order valence-electron chi connectivity index (χ4n) is 3.85. The van der Waals surface area contributed by atoms with Gasteiger partial charge in [-0.25, -0.2) is 0 Å². The number of hydrogen-bond acceptors (Lipinski definition) is 1. The van der Waals surface area contributed by atoms with E-state index in [1.807, 2.05) is 18.2 Å². The monoisotopic (exact) mass is 335 g/mol. The minimum Gasteiger partial charge on any atom is -0.193 e. The summed E-state index contributed by atoms with van der Waals surface area (Å²) >= 11 is 0. The summed E-state index contributed by atoms with van der Waals surface area (Å²) in [5.74, 6) is 1.42. The third kappa shape index (κ3) is 7.30. The van der Waals surface area contributed by atoms with Gasteiger partial charge in [0.1, 0.15) is 0 Å². The highest BCUT2D eigenvalue weighted by Crippen LogP contribution is 2.36. The summed E-state index contributed by atoms with van der Waals surface area (Å²) in [6.07, 6.45) is 20.8. The molecule has 1 heteroatoms. The fourth-order valence-corrected chi connectivity index (χ4v) is 3.85. The number of aryl methyl sites for hydroxylation is 1. The molecule has 0 spiro atoms. The SMILES string of the molecule is CCCCCCCc1ccc(C2CCC(/C=C/C=C/C#N)CC2)cc1. The second-order valence-electron chi connectivity index (χ2n) is 7.39. The summed E-state index contributed by atoms with van der Waals surface area (Å²) in [6.45, 7) is 2.27. The second-order valence-corrected chi connectivity index (χ2v) is 7.39. The Morgan fingerprint density at radius 2 is 1.68 bits per heavy atom. The van der Waals surface area contributed by atoms with Crippen LogP contribution >= 0.6 is 0 Å². The van der Waals surface area contributed by atoms with Crippen LogP contribution in [-0.4, -0.2) is 0 Å². The van der Waals surface area contributed by atoms with E-state index in [-0.39, 0.29) is 0 Å². The van der Waals surface area contributed by atoms with Gasteiger partial charge in [-0.15, -0.1) is 0 Å². The minimum absolute atomic E-state index is 0.682. The first kappa shape index (κ1) is 19.5. The van der Waals surface area contributed by atoms with E-state index in [4.69, 9.17) is 5.26 Å². The molecule has 1 saturated carbocycles. The van der Waals surface area contributed by atoms with Crippen LogP contribution in [0.3, 0.4) is 0 Å². The van der Waals surface area contributed by atoms with Gasteiger partial charge < -0.3 is 0 Å². The lowest BCUT2D eigenvalue weighted by Gasteiger charge is -2.27.